The molecule has 4 rings (SSSR count). The second-order valence-corrected chi connectivity index (χ2v) is 14.7. The van der Waals surface area contributed by atoms with Gasteiger partial charge in [-0.25, -0.2) is 0 Å². The van der Waals surface area contributed by atoms with Crippen LogP contribution in [0.15, 0.2) is 72.8 Å². The van der Waals surface area contributed by atoms with E-state index < -0.39 is 0 Å². The first-order chi connectivity index (χ1) is 21.9. The summed E-state index contributed by atoms with van der Waals surface area (Å²) in [4.78, 5) is 0. The van der Waals surface area contributed by atoms with Gasteiger partial charge in [0.05, 0.1) is 21.4 Å². The van der Waals surface area contributed by atoms with E-state index in [2.05, 4.69) is 69.4 Å². The van der Waals surface area contributed by atoms with Gasteiger partial charge in [-0.15, -0.1) is 0 Å². The molecule has 0 aliphatic rings. The van der Waals surface area contributed by atoms with Gasteiger partial charge in [0.25, 0.3) is 0 Å². The number of methoxy groups -OCH3 is 2. The van der Waals surface area contributed by atoms with E-state index >= 15 is 0 Å². The second kappa shape index (κ2) is 18.8. The lowest BCUT2D eigenvalue weighted by atomic mass is 10.2. The van der Waals surface area contributed by atoms with Gasteiger partial charge < -0.3 is 37.9 Å². The zero-order chi connectivity index (χ0) is 32.0. The molecule has 4 aromatic rings. The minimum Gasteiger partial charge on any atom is -0.493 e. The van der Waals surface area contributed by atoms with Crippen LogP contribution in [0.2, 0.25) is 0 Å². The summed E-state index contributed by atoms with van der Waals surface area (Å²) in [5, 5.41) is 0. The van der Waals surface area contributed by atoms with E-state index in [1.165, 1.54) is 7.14 Å². The van der Waals surface area contributed by atoms with Crippen LogP contribution in [0.4, 0.5) is 0 Å². The molecule has 0 fully saturated rings. The summed E-state index contributed by atoms with van der Waals surface area (Å²) in [6, 6.07) is 24.6. The van der Waals surface area contributed by atoms with Crippen LogP contribution in [0.1, 0.15) is 25.0 Å². The topological polar surface area (TPSA) is 73.8 Å². The first kappa shape index (κ1) is 35.6. The van der Waals surface area contributed by atoms with Crippen LogP contribution in [0, 0.1) is 14.3 Å². The van der Waals surface area contributed by atoms with E-state index in [9.17, 15) is 0 Å². The van der Waals surface area contributed by atoms with Crippen molar-refractivity contribution in [3.8, 4) is 34.5 Å². The van der Waals surface area contributed by atoms with Gasteiger partial charge in [0.2, 0.25) is 0 Å². The van der Waals surface area contributed by atoms with Gasteiger partial charge in [0.15, 0.2) is 43.7 Å². The molecule has 0 saturated heterocycles. The molecule has 0 spiro atoms. The van der Waals surface area contributed by atoms with Crippen molar-refractivity contribution in [3.05, 3.63) is 98.2 Å². The Kier molecular flexibility index (Phi) is 14.9. The molecule has 0 saturated carbocycles. The van der Waals surface area contributed by atoms with Gasteiger partial charge in [-0.05, 0) is 143 Å². The molecule has 0 unspecified atom stereocenters. The van der Waals surface area contributed by atoms with Gasteiger partial charge in [-0.3, -0.25) is 0 Å². The van der Waals surface area contributed by atoms with Gasteiger partial charge in [0, 0.05) is 13.2 Å². The molecule has 240 valence electrons. The molecule has 45 heavy (non-hydrogen) atoms. The zero-order valence-corrected chi connectivity index (χ0v) is 32.0. The van der Waals surface area contributed by atoms with Crippen molar-refractivity contribution < 1.29 is 59.1 Å². The zero-order valence-electron chi connectivity index (χ0n) is 25.6. The molecular weight excluding hydrogens is 917 g/mol. The average Bonchev–Trinajstić information content (AvgIpc) is 3.05. The van der Waals surface area contributed by atoms with E-state index in [4.69, 9.17) is 37.9 Å². The van der Waals surface area contributed by atoms with Crippen molar-refractivity contribution in [3.63, 3.8) is 0 Å². The Hall–Kier alpha value is -2.21. The normalized spacial score (nSPS) is 10.8. The molecule has 0 N–H and O–H groups in total. The highest BCUT2D eigenvalue weighted by molar-refractivity contribution is 14.1. The Balaban J connectivity index is 1.28. The van der Waals surface area contributed by atoms with Crippen LogP contribution in [0.5, 0.6) is 34.5 Å². The fourth-order valence-corrected chi connectivity index (χ4v) is 7.81. The van der Waals surface area contributed by atoms with Crippen LogP contribution in [-0.4, -0.2) is 41.0 Å². The van der Waals surface area contributed by atoms with Crippen LogP contribution in [-0.2, 0) is 22.7 Å². The van der Waals surface area contributed by atoms with Crippen molar-refractivity contribution in [2.45, 2.75) is 27.1 Å². The predicted octanol–water partition coefficient (Wildman–Crippen LogP) is 4.95. The van der Waals surface area contributed by atoms with Gasteiger partial charge in [-0.2, -0.15) is 0 Å². The highest BCUT2D eigenvalue weighted by Gasteiger charge is 2.17. The average molecular weight is 953 g/mol. The lowest BCUT2D eigenvalue weighted by molar-refractivity contribution is -0.597. The maximum absolute atomic E-state index is 6.07. The first-order valence-electron chi connectivity index (χ1n) is 14.2. The summed E-state index contributed by atoms with van der Waals surface area (Å²) < 4.78 is 49.8. The van der Waals surface area contributed by atoms with E-state index in [0.717, 1.165) is 29.8 Å². The van der Waals surface area contributed by atoms with Gasteiger partial charge in [0.1, 0.15) is 24.7 Å². The van der Waals surface area contributed by atoms with Gasteiger partial charge in [-0.1, -0.05) is 0 Å². The Morgan fingerprint density at radius 1 is 0.556 bits per heavy atom. The molecule has 0 bridgehead atoms. The molecule has 0 amide bonds. The summed E-state index contributed by atoms with van der Waals surface area (Å²) in [6.45, 7) is 6.25. The largest absolute Gasteiger partial charge is 0.493 e. The number of benzene rings is 4. The first-order valence-corrected chi connectivity index (χ1v) is 18.5. The fraction of sp³-hybridized carbons (Fsp3) is 0.294. The number of hydrogen-bond donors (Lipinski definition) is 0. The van der Waals surface area contributed by atoms with E-state index in [-0.39, 0.29) is 34.8 Å². The Morgan fingerprint density at radius 2 is 0.956 bits per heavy atom. The lowest BCUT2D eigenvalue weighted by Crippen LogP contribution is -3.61. The molecule has 0 aromatic heterocycles. The van der Waals surface area contributed by atoms with Crippen LogP contribution in [0.25, 0.3) is 0 Å². The summed E-state index contributed by atoms with van der Waals surface area (Å²) >= 11 is 4.14. The molecule has 4 aromatic carbocycles. The number of ether oxygens (including phenoxy) is 8. The molecular formula is C34H36I3O8+. The van der Waals surface area contributed by atoms with Gasteiger partial charge >= 0.3 is 21.2 Å². The van der Waals surface area contributed by atoms with Crippen LogP contribution >= 0.6 is 45.2 Å². The SMILES string of the molecule is CCOCOc1c(I)cc(COc2ccc([I+]c3ccc(OCc4cc(I)c(OCOCC)c(OC)c4)cc3)cc2)cc1OC. The highest BCUT2D eigenvalue weighted by atomic mass is 127. The van der Waals surface area contributed by atoms with E-state index in [1.54, 1.807) is 14.2 Å². The minimum atomic E-state index is -0.344. The lowest BCUT2D eigenvalue weighted by Gasteiger charge is -2.14. The summed E-state index contributed by atoms with van der Waals surface area (Å²) in [7, 11) is 3.26. The fourth-order valence-electron chi connectivity index (χ4n) is 4.01. The molecule has 11 heteroatoms. The van der Waals surface area contributed by atoms with Crippen molar-refractivity contribution in [2.75, 3.05) is 41.0 Å². The van der Waals surface area contributed by atoms with E-state index in [1.807, 2.05) is 62.4 Å². The summed E-state index contributed by atoms with van der Waals surface area (Å²) in [6.07, 6.45) is 0. The molecule has 0 aliphatic heterocycles. The Morgan fingerprint density at radius 3 is 1.31 bits per heavy atom. The third-order valence-electron chi connectivity index (χ3n) is 6.22. The number of rotatable bonds is 18. The molecule has 0 heterocycles. The molecule has 0 aliphatic carbocycles. The predicted molar refractivity (Wildman–Crippen MR) is 185 cm³/mol. The molecule has 0 radical (unpaired) electrons. The summed E-state index contributed by atoms with van der Waals surface area (Å²) in [5.74, 6) is 4.30. The maximum Gasteiger partial charge on any atom is 0.357 e. The summed E-state index contributed by atoms with van der Waals surface area (Å²) in [5.41, 5.74) is 1.99. The second-order valence-electron chi connectivity index (χ2n) is 9.31. The Bertz CT molecular complexity index is 1380. The van der Waals surface area contributed by atoms with Crippen LogP contribution < -0.4 is 49.6 Å². The third kappa shape index (κ3) is 10.9. The molecule has 0 atom stereocenters. The van der Waals surface area contributed by atoms with Crippen molar-refractivity contribution in [2.24, 2.45) is 0 Å². The standard InChI is InChI=1S/C34H36I3O8/c1-5-40-21-44-33-29(35)15-23(17-31(33)38-3)19-42-27-11-7-25(8-12-27)37-26-9-13-28(14-10-26)43-20-24-16-30(36)34(32(18-24)39-4)45-22-41-6-2/h7-18H,5-6,19-22H2,1-4H3/q+1. The number of halogens is 3. The quantitative estimate of drug-likeness (QED) is 0.0790. The third-order valence-corrected chi connectivity index (χ3v) is 10.5. The Labute approximate surface area is 302 Å². The van der Waals surface area contributed by atoms with Crippen LogP contribution in [0.3, 0.4) is 0 Å². The van der Waals surface area contributed by atoms with E-state index in [0.29, 0.717) is 49.4 Å². The maximum atomic E-state index is 6.07. The van der Waals surface area contributed by atoms with Crippen molar-refractivity contribution in [1.29, 1.82) is 0 Å². The number of hydrogen-bond acceptors (Lipinski definition) is 8. The van der Waals surface area contributed by atoms with Crippen molar-refractivity contribution in [1.82, 2.24) is 0 Å². The highest BCUT2D eigenvalue weighted by Crippen LogP contribution is 2.35. The molecule has 8 nitrogen and oxygen atoms in total. The minimum absolute atomic E-state index is 0.183. The monoisotopic (exact) mass is 953 g/mol. The smallest absolute Gasteiger partial charge is 0.357 e. The van der Waals surface area contributed by atoms with Crippen molar-refractivity contribution >= 4 is 45.2 Å².